The van der Waals surface area contributed by atoms with Crippen molar-refractivity contribution in [2.24, 2.45) is 0 Å². The largest absolute Gasteiger partial charge is 0.448 e. The van der Waals surface area contributed by atoms with Gasteiger partial charge < -0.3 is 4.74 Å². The lowest BCUT2D eigenvalue weighted by Crippen LogP contribution is -2.52. The van der Waals surface area contributed by atoms with E-state index in [-0.39, 0.29) is 24.1 Å². The van der Waals surface area contributed by atoms with E-state index in [0.29, 0.717) is 6.61 Å². The average Bonchev–Trinajstić information content (AvgIpc) is 3.24. The van der Waals surface area contributed by atoms with E-state index in [1.54, 1.807) is 0 Å². The van der Waals surface area contributed by atoms with Crippen LogP contribution in [0.15, 0.2) is 91.0 Å². The standard InChI is InChI=1S/C32H28N2O2/c35-32(36-20-29-27-13-4-2-11-25(27)26-12-3-5-14-28(26)29)34-23-9-7-10-24(34)19-22(18-23)31-17-16-21-8-1-6-15-30(21)33-31/h1-6,8,11-18,23-24,29H,7,9-10,19-20H2. The Labute approximate surface area is 211 Å². The molecule has 36 heavy (non-hydrogen) atoms. The molecule has 1 amide bonds. The second kappa shape index (κ2) is 8.63. The van der Waals surface area contributed by atoms with Crippen molar-refractivity contribution in [3.63, 3.8) is 0 Å². The Bertz CT molecular complexity index is 1460. The number of benzene rings is 3. The number of ether oxygens (including phenoxy) is 1. The molecule has 0 spiro atoms. The number of aromatic nitrogens is 1. The molecule has 1 aromatic heterocycles. The minimum Gasteiger partial charge on any atom is -0.448 e. The highest BCUT2D eigenvalue weighted by molar-refractivity contribution is 5.82. The summed E-state index contributed by atoms with van der Waals surface area (Å²) in [4.78, 5) is 20.4. The molecule has 2 aliphatic heterocycles. The molecule has 3 aliphatic rings. The van der Waals surface area contributed by atoms with E-state index in [9.17, 15) is 4.79 Å². The number of para-hydroxylation sites is 1. The summed E-state index contributed by atoms with van der Waals surface area (Å²) in [6.07, 6.45) is 6.01. The number of hydrogen-bond acceptors (Lipinski definition) is 3. The van der Waals surface area contributed by atoms with Gasteiger partial charge in [-0.05, 0) is 65.6 Å². The van der Waals surface area contributed by atoms with Crippen LogP contribution in [0.3, 0.4) is 0 Å². The first-order chi connectivity index (χ1) is 17.8. The average molecular weight is 473 g/mol. The van der Waals surface area contributed by atoms with Crippen LogP contribution in [0.4, 0.5) is 4.79 Å². The van der Waals surface area contributed by atoms with E-state index in [2.05, 4.69) is 78.9 Å². The Hall–Kier alpha value is -3.92. The maximum absolute atomic E-state index is 13.5. The summed E-state index contributed by atoms with van der Waals surface area (Å²) in [5, 5.41) is 1.15. The van der Waals surface area contributed by atoms with Gasteiger partial charge in [0, 0.05) is 17.3 Å². The van der Waals surface area contributed by atoms with Gasteiger partial charge in [0.1, 0.15) is 6.61 Å². The molecule has 4 nitrogen and oxygen atoms in total. The maximum Gasteiger partial charge on any atom is 0.410 e. The molecule has 1 fully saturated rings. The van der Waals surface area contributed by atoms with Crippen molar-refractivity contribution in [3.05, 3.63) is 108 Å². The van der Waals surface area contributed by atoms with Gasteiger partial charge in [-0.15, -0.1) is 0 Å². The van der Waals surface area contributed by atoms with Gasteiger partial charge in [0.2, 0.25) is 0 Å². The smallest absolute Gasteiger partial charge is 0.410 e. The zero-order valence-electron chi connectivity index (χ0n) is 20.1. The Balaban J connectivity index is 1.12. The lowest BCUT2D eigenvalue weighted by molar-refractivity contribution is 0.0538. The number of amides is 1. The lowest BCUT2D eigenvalue weighted by Gasteiger charge is -2.44. The van der Waals surface area contributed by atoms with Crippen molar-refractivity contribution in [2.75, 3.05) is 6.61 Å². The molecule has 0 saturated carbocycles. The molecule has 0 N–H and O–H groups in total. The minimum absolute atomic E-state index is 0.0661. The molecule has 1 saturated heterocycles. The van der Waals surface area contributed by atoms with Crippen LogP contribution in [0.5, 0.6) is 0 Å². The summed E-state index contributed by atoms with van der Waals surface area (Å²) in [6.45, 7) is 0.367. The van der Waals surface area contributed by atoms with Crippen LogP contribution in [0.25, 0.3) is 27.6 Å². The third kappa shape index (κ3) is 3.51. The van der Waals surface area contributed by atoms with Gasteiger partial charge in [0.25, 0.3) is 0 Å². The highest BCUT2D eigenvalue weighted by Crippen LogP contribution is 2.45. The van der Waals surface area contributed by atoms with Crippen molar-refractivity contribution in [2.45, 2.75) is 43.7 Å². The highest BCUT2D eigenvalue weighted by atomic mass is 16.6. The molecule has 2 unspecified atom stereocenters. The van der Waals surface area contributed by atoms with E-state index >= 15 is 0 Å². The normalized spacial score (nSPS) is 20.6. The molecular weight excluding hydrogens is 444 g/mol. The fraction of sp³-hybridized carbons (Fsp3) is 0.250. The topological polar surface area (TPSA) is 42.4 Å². The summed E-state index contributed by atoms with van der Waals surface area (Å²) in [7, 11) is 0. The van der Waals surface area contributed by atoms with Gasteiger partial charge in [-0.3, -0.25) is 4.90 Å². The number of nitrogens with zero attached hydrogens (tertiary/aromatic N) is 2. The predicted octanol–water partition coefficient (Wildman–Crippen LogP) is 7.19. The third-order valence-corrected chi connectivity index (χ3v) is 8.11. The van der Waals surface area contributed by atoms with Crippen molar-refractivity contribution in [3.8, 4) is 11.1 Å². The zero-order chi connectivity index (χ0) is 24.1. The third-order valence-electron chi connectivity index (χ3n) is 8.11. The van der Waals surface area contributed by atoms with Crippen molar-refractivity contribution in [1.29, 1.82) is 0 Å². The van der Waals surface area contributed by atoms with E-state index < -0.39 is 0 Å². The Kier molecular flexibility index (Phi) is 5.12. The van der Waals surface area contributed by atoms with Gasteiger partial charge in [0.15, 0.2) is 0 Å². The number of pyridine rings is 1. The van der Waals surface area contributed by atoms with E-state index in [1.807, 2.05) is 17.0 Å². The highest BCUT2D eigenvalue weighted by Gasteiger charge is 2.39. The van der Waals surface area contributed by atoms with Crippen molar-refractivity contribution < 1.29 is 9.53 Å². The molecule has 2 atom stereocenters. The van der Waals surface area contributed by atoms with Gasteiger partial charge in [-0.1, -0.05) is 78.9 Å². The molecule has 3 aromatic carbocycles. The van der Waals surface area contributed by atoms with Crippen LogP contribution >= 0.6 is 0 Å². The number of fused-ring (bicyclic) bond motifs is 6. The lowest BCUT2D eigenvalue weighted by atomic mass is 9.84. The maximum atomic E-state index is 13.5. The zero-order valence-corrected chi connectivity index (χ0v) is 20.1. The van der Waals surface area contributed by atoms with Gasteiger partial charge in [-0.2, -0.15) is 0 Å². The summed E-state index contributed by atoms with van der Waals surface area (Å²) < 4.78 is 6.06. The summed E-state index contributed by atoms with van der Waals surface area (Å²) >= 11 is 0. The van der Waals surface area contributed by atoms with Crippen molar-refractivity contribution >= 4 is 22.6 Å². The van der Waals surface area contributed by atoms with Crippen LogP contribution in [-0.4, -0.2) is 34.7 Å². The number of piperidine rings is 1. The van der Waals surface area contributed by atoms with Gasteiger partial charge in [0.05, 0.1) is 17.3 Å². The number of hydrogen-bond donors (Lipinski definition) is 0. The monoisotopic (exact) mass is 472 g/mol. The van der Waals surface area contributed by atoms with Crippen molar-refractivity contribution in [1.82, 2.24) is 9.88 Å². The van der Waals surface area contributed by atoms with E-state index in [0.717, 1.165) is 42.3 Å². The van der Waals surface area contributed by atoms with Gasteiger partial charge >= 0.3 is 6.09 Å². The molecule has 2 bridgehead atoms. The fourth-order valence-electron chi connectivity index (χ4n) is 6.42. The van der Waals surface area contributed by atoms with Crippen LogP contribution in [0, 0.1) is 0 Å². The molecule has 178 valence electrons. The van der Waals surface area contributed by atoms with Crippen LogP contribution in [0.2, 0.25) is 0 Å². The molecule has 0 radical (unpaired) electrons. The summed E-state index contributed by atoms with van der Waals surface area (Å²) in [5.41, 5.74) is 8.28. The first kappa shape index (κ1) is 21.4. The predicted molar refractivity (Wildman–Crippen MR) is 143 cm³/mol. The van der Waals surface area contributed by atoms with E-state index in [4.69, 9.17) is 9.72 Å². The quantitative estimate of drug-likeness (QED) is 0.317. The molecule has 3 heterocycles. The van der Waals surface area contributed by atoms with E-state index in [1.165, 1.54) is 27.8 Å². The second-order valence-electron chi connectivity index (χ2n) is 10.1. The van der Waals surface area contributed by atoms with Crippen LogP contribution in [-0.2, 0) is 4.74 Å². The van der Waals surface area contributed by atoms with Crippen LogP contribution < -0.4 is 0 Å². The number of carbonyl (C=O) groups is 1. The SMILES string of the molecule is O=C(OCC1c2ccccc2-c2ccccc21)N1C2C=C(c3ccc4ccccc4n3)CC1CCC2. The summed E-state index contributed by atoms with van der Waals surface area (Å²) in [5.74, 6) is 0.0823. The molecular formula is C32H28N2O2. The fourth-order valence-corrected chi connectivity index (χ4v) is 6.42. The first-order valence-corrected chi connectivity index (χ1v) is 13.0. The Morgan fingerprint density at radius 1 is 0.861 bits per heavy atom. The molecule has 4 heteroatoms. The Morgan fingerprint density at radius 2 is 1.58 bits per heavy atom. The second-order valence-corrected chi connectivity index (χ2v) is 10.1. The molecule has 1 aliphatic carbocycles. The van der Waals surface area contributed by atoms with Crippen LogP contribution in [0.1, 0.15) is 48.4 Å². The minimum atomic E-state index is -0.187. The first-order valence-electron chi connectivity index (χ1n) is 13.0. The number of carbonyl (C=O) groups excluding carboxylic acids is 1. The molecule has 4 aromatic rings. The summed E-state index contributed by atoms with van der Waals surface area (Å²) in [6, 6.07) is 29.7. The molecule has 7 rings (SSSR count). The van der Waals surface area contributed by atoms with Gasteiger partial charge in [-0.25, -0.2) is 9.78 Å². The number of rotatable bonds is 3. The Morgan fingerprint density at radius 3 is 2.36 bits per heavy atom.